The molecule has 0 aliphatic rings. The fraction of sp³-hybridized carbons (Fsp3) is 0.278. The van der Waals surface area contributed by atoms with Gasteiger partial charge in [-0.3, -0.25) is 0 Å². The van der Waals surface area contributed by atoms with Crippen molar-refractivity contribution in [1.82, 2.24) is 0 Å². The van der Waals surface area contributed by atoms with Gasteiger partial charge in [-0.1, -0.05) is 50.1 Å². The molecule has 0 unspecified atom stereocenters. The first-order valence-corrected chi connectivity index (χ1v) is 7.07. The summed E-state index contributed by atoms with van der Waals surface area (Å²) >= 11 is 0. The minimum atomic E-state index is 0.0347. The van der Waals surface area contributed by atoms with Gasteiger partial charge in [0.05, 0.1) is 5.56 Å². The normalized spacial score (nSPS) is 10.2. The van der Waals surface area contributed by atoms with Crippen molar-refractivity contribution < 1.29 is 5.11 Å². The zero-order chi connectivity index (χ0) is 14.4. The fourth-order valence-electron chi connectivity index (χ4n) is 2.25. The smallest absolute Gasteiger partial charge is 0.133 e. The van der Waals surface area contributed by atoms with Gasteiger partial charge in [0.25, 0.3) is 0 Å². The van der Waals surface area contributed by atoms with E-state index in [2.05, 4.69) is 31.2 Å². The molecule has 0 saturated carbocycles. The number of benzene rings is 2. The Bertz CT molecular complexity index is 608. The van der Waals surface area contributed by atoms with Crippen molar-refractivity contribution in [3.05, 3.63) is 53.6 Å². The molecule has 0 bridgehead atoms. The van der Waals surface area contributed by atoms with Gasteiger partial charge in [0, 0.05) is 0 Å². The van der Waals surface area contributed by atoms with Gasteiger partial charge in [-0.2, -0.15) is 5.26 Å². The molecule has 0 heterocycles. The highest BCUT2D eigenvalue weighted by Crippen LogP contribution is 2.26. The number of hydrogen-bond acceptors (Lipinski definition) is 2. The standard InChI is InChI=1S/C18H19NO/c1-2-3-4-5-14-6-8-15(9-7-14)16-10-11-18(20)17(12-16)13-19/h6-12,20H,2-5H2,1H3. The number of phenolic OH excluding ortho intramolecular Hbond substituents is 1. The number of nitrogens with zero attached hydrogens (tertiary/aromatic N) is 1. The Morgan fingerprint density at radius 2 is 1.70 bits per heavy atom. The van der Waals surface area contributed by atoms with E-state index < -0.39 is 0 Å². The Kier molecular flexibility index (Phi) is 4.79. The molecule has 0 aliphatic heterocycles. The molecule has 2 rings (SSSR count). The van der Waals surface area contributed by atoms with Gasteiger partial charge < -0.3 is 5.11 Å². The number of rotatable bonds is 5. The van der Waals surface area contributed by atoms with Gasteiger partial charge in [-0.15, -0.1) is 0 Å². The molecule has 0 aliphatic carbocycles. The van der Waals surface area contributed by atoms with Gasteiger partial charge in [0.15, 0.2) is 0 Å². The minimum Gasteiger partial charge on any atom is -0.507 e. The van der Waals surface area contributed by atoms with Crippen LogP contribution in [0.4, 0.5) is 0 Å². The molecule has 0 amide bonds. The summed E-state index contributed by atoms with van der Waals surface area (Å²) in [6, 6.07) is 15.6. The van der Waals surface area contributed by atoms with Crippen LogP contribution in [0.3, 0.4) is 0 Å². The van der Waals surface area contributed by atoms with Gasteiger partial charge in [-0.25, -0.2) is 0 Å². The van der Waals surface area contributed by atoms with Crippen molar-refractivity contribution in [2.75, 3.05) is 0 Å². The Morgan fingerprint density at radius 1 is 1.00 bits per heavy atom. The van der Waals surface area contributed by atoms with Crippen LogP contribution in [0, 0.1) is 11.3 Å². The third-order valence-electron chi connectivity index (χ3n) is 3.47. The third kappa shape index (κ3) is 3.39. The van der Waals surface area contributed by atoms with Crippen LogP contribution in [0.15, 0.2) is 42.5 Å². The third-order valence-corrected chi connectivity index (χ3v) is 3.47. The lowest BCUT2D eigenvalue weighted by molar-refractivity contribution is 0.473. The maximum atomic E-state index is 9.52. The number of unbranched alkanes of at least 4 members (excludes halogenated alkanes) is 2. The zero-order valence-corrected chi connectivity index (χ0v) is 11.8. The van der Waals surface area contributed by atoms with Crippen LogP contribution in [0.25, 0.3) is 11.1 Å². The van der Waals surface area contributed by atoms with E-state index in [1.54, 1.807) is 12.1 Å². The van der Waals surface area contributed by atoms with E-state index in [0.29, 0.717) is 5.56 Å². The predicted molar refractivity (Wildman–Crippen MR) is 81.5 cm³/mol. The van der Waals surface area contributed by atoms with Crippen molar-refractivity contribution >= 4 is 0 Å². The highest BCUT2D eigenvalue weighted by Gasteiger charge is 2.04. The maximum Gasteiger partial charge on any atom is 0.133 e. The van der Waals surface area contributed by atoms with E-state index >= 15 is 0 Å². The summed E-state index contributed by atoms with van der Waals surface area (Å²) in [6.07, 6.45) is 4.86. The Balaban J connectivity index is 2.16. The molecule has 2 aromatic rings. The Labute approximate surface area is 120 Å². The largest absolute Gasteiger partial charge is 0.507 e. The van der Waals surface area contributed by atoms with Crippen molar-refractivity contribution in [3.63, 3.8) is 0 Å². The average molecular weight is 265 g/mol. The lowest BCUT2D eigenvalue weighted by atomic mass is 10.00. The van der Waals surface area contributed by atoms with E-state index in [9.17, 15) is 5.11 Å². The van der Waals surface area contributed by atoms with Crippen LogP contribution in [-0.2, 0) is 6.42 Å². The fourth-order valence-corrected chi connectivity index (χ4v) is 2.25. The Hall–Kier alpha value is -2.27. The summed E-state index contributed by atoms with van der Waals surface area (Å²) in [5.74, 6) is 0.0347. The molecule has 20 heavy (non-hydrogen) atoms. The molecular formula is C18H19NO. The molecule has 0 fully saturated rings. The molecule has 0 radical (unpaired) electrons. The molecule has 2 heteroatoms. The zero-order valence-electron chi connectivity index (χ0n) is 11.8. The number of hydrogen-bond donors (Lipinski definition) is 1. The predicted octanol–water partition coefficient (Wildman–Crippen LogP) is 4.66. The van der Waals surface area contributed by atoms with Gasteiger partial charge in [0.1, 0.15) is 11.8 Å². The SMILES string of the molecule is CCCCCc1ccc(-c2ccc(O)c(C#N)c2)cc1. The van der Waals surface area contributed by atoms with E-state index in [4.69, 9.17) is 5.26 Å². The van der Waals surface area contributed by atoms with E-state index in [1.165, 1.54) is 24.8 Å². The van der Waals surface area contributed by atoms with Crippen LogP contribution < -0.4 is 0 Å². The van der Waals surface area contributed by atoms with Gasteiger partial charge in [-0.05, 0) is 41.7 Å². The number of phenols is 1. The molecular weight excluding hydrogens is 246 g/mol. The summed E-state index contributed by atoms with van der Waals surface area (Å²) in [5, 5.41) is 18.5. The lowest BCUT2D eigenvalue weighted by Gasteiger charge is -2.06. The maximum absolute atomic E-state index is 9.52. The quantitative estimate of drug-likeness (QED) is 0.799. The van der Waals surface area contributed by atoms with Crippen LogP contribution in [0.2, 0.25) is 0 Å². The van der Waals surface area contributed by atoms with Crippen LogP contribution in [0.1, 0.15) is 37.3 Å². The second kappa shape index (κ2) is 6.77. The summed E-state index contributed by atoms with van der Waals surface area (Å²) < 4.78 is 0. The second-order valence-electron chi connectivity index (χ2n) is 5.00. The monoisotopic (exact) mass is 265 g/mol. The molecule has 102 valence electrons. The highest BCUT2D eigenvalue weighted by atomic mass is 16.3. The first kappa shape index (κ1) is 14.1. The first-order chi connectivity index (χ1) is 9.74. The summed E-state index contributed by atoms with van der Waals surface area (Å²) in [5.41, 5.74) is 3.69. The molecule has 1 N–H and O–H groups in total. The van der Waals surface area contributed by atoms with Gasteiger partial charge >= 0.3 is 0 Å². The highest BCUT2D eigenvalue weighted by molar-refractivity contribution is 5.67. The van der Waals surface area contributed by atoms with Crippen LogP contribution in [-0.4, -0.2) is 5.11 Å². The van der Waals surface area contributed by atoms with Gasteiger partial charge in [0.2, 0.25) is 0 Å². The lowest BCUT2D eigenvalue weighted by Crippen LogP contribution is -1.86. The van der Waals surface area contributed by atoms with Crippen LogP contribution in [0.5, 0.6) is 5.75 Å². The number of aryl methyl sites for hydroxylation is 1. The van der Waals surface area contributed by atoms with E-state index in [1.807, 2.05) is 12.1 Å². The molecule has 0 atom stereocenters. The minimum absolute atomic E-state index is 0.0347. The average Bonchev–Trinajstić information content (AvgIpc) is 2.49. The molecule has 2 aromatic carbocycles. The topological polar surface area (TPSA) is 44.0 Å². The Morgan fingerprint density at radius 3 is 2.35 bits per heavy atom. The molecule has 0 saturated heterocycles. The van der Waals surface area contributed by atoms with Crippen molar-refractivity contribution in [3.8, 4) is 22.9 Å². The van der Waals surface area contributed by atoms with Crippen molar-refractivity contribution in [1.29, 1.82) is 5.26 Å². The molecule has 2 nitrogen and oxygen atoms in total. The van der Waals surface area contributed by atoms with E-state index in [0.717, 1.165) is 17.5 Å². The van der Waals surface area contributed by atoms with E-state index in [-0.39, 0.29) is 5.75 Å². The van der Waals surface area contributed by atoms with Crippen molar-refractivity contribution in [2.45, 2.75) is 32.6 Å². The molecule has 0 spiro atoms. The van der Waals surface area contributed by atoms with Crippen LogP contribution >= 0.6 is 0 Å². The molecule has 0 aromatic heterocycles. The number of aromatic hydroxyl groups is 1. The van der Waals surface area contributed by atoms with Crippen molar-refractivity contribution in [2.24, 2.45) is 0 Å². The summed E-state index contributed by atoms with van der Waals surface area (Å²) in [4.78, 5) is 0. The second-order valence-corrected chi connectivity index (χ2v) is 5.00. The first-order valence-electron chi connectivity index (χ1n) is 7.07. The number of nitriles is 1. The summed E-state index contributed by atoms with van der Waals surface area (Å²) in [7, 11) is 0. The summed E-state index contributed by atoms with van der Waals surface area (Å²) in [6.45, 7) is 2.21.